The van der Waals surface area contributed by atoms with Crippen LogP contribution in [0.2, 0.25) is 0 Å². The molecule has 21 heavy (non-hydrogen) atoms. The van der Waals surface area contributed by atoms with E-state index in [-0.39, 0.29) is 0 Å². The predicted molar refractivity (Wildman–Crippen MR) is 79.0 cm³/mol. The van der Waals surface area contributed by atoms with E-state index >= 15 is 0 Å². The fraction of sp³-hybridized carbons (Fsp3) is 0.667. The third-order valence-corrected chi connectivity index (χ3v) is 3.94. The van der Waals surface area contributed by atoms with Crippen molar-refractivity contribution in [3.63, 3.8) is 0 Å². The molecule has 1 aliphatic rings. The van der Waals surface area contributed by atoms with E-state index in [1.165, 1.54) is 24.1 Å². The van der Waals surface area contributed by atoms with Crippen LogP contribution < -0.4 is 5.32 Å². The Labute approximate surface area is 124 Å². The lowest BCUT2D eigenvalue weighted by molar-refractivity contribution is 0.370. The van der Waals surface area contributed by atoms with Crippen molar-refractivity contribution in [1.82, 2.24) is 25.2 Å². The number of aryl methyl sites for hydroxylation is 2. The molecule has 1 fully saturated rings. The molecular formula is C15H23N5O. The summed E-state index contributed by atoms with van der Waals surface area (Å²) in [5.41, 5.74) is 3.56. The molecule has 0 atom stereocenters. The zero-order valence-corrected chi connectivity index (χ0v) is 13.0. The number of aromatic nitrogens is 4. The average Bonchev–Trinajstić information content (AvgIpc) is 3.12. The summed E-state index contributed by atoms with van der Waals surface area (Å²) in [5.74, 6) is 1.41. The molecule has 0 aromatic carbocycles. The summed E-state index contributed by atoms with van der Waals surface area (Å²) in [7, 11) is 0. The van der Waals surface area contributed by atoms with Crippen LogP contribution in [0.5, 0.6) is 0 Å². The van der Waals surface area contributed by atoms with Gasteiger partial charge in [-0.2, -0.15) is 10.1 Å². The molecule has 1 N–H and O–H groups in total. The van der Waals surface area contributed by atoms with E-state index in [0.717, 1.165) is 25.1 Å². The highest BCUT2D eigenvalue weighted by atomic mass is 16.5. The lowest BCUT2D eigenvalue weighted by Gasteiger charge is -2.04. The highest BCUT2D eigenvalue weighted by Crippen LogP contribution is 2.21. The van der Waals surface area contributed by atoms with E-state index in [4.69, 9.17) is 4.52 Å². The average molecular weight is 289 g/mol. The molecule has 6 nitrogen and oxygen atoms in total. The van der Waals surface area contributed by atoms with Crippen LogP contribution in [0.3, 0.4) is 0 Å². The van der Waals surface area contributed by atoms with Crippen LogP contribution in [0, 0.1) is 13.8 Å². The number of rotatable bonds is 7. The second kappa shape index (κ2) is 5.97. The summed E-state index contributed by atoms with van der Waals surface area (Å²) < 4.78 is 7.20. The maximum absolute atomic E-state index is 5.23. The highest BCUT2D eigenvalue weighted by Gasteiger charge is 2.22. The third kappa shape index (κ3) is 3.32. The molecular weight excluding hydrogens is 266 g/mol. The van der Waals surface area contributed by atoms with Gasteiger partial charge < -0.3 is 9.84 Å². The monoisotopic (exact) mass is 289 g/mol. The van der Waals surface area contributed by atoms with Gasteiger partial charge >= 0.3 is 0 Å². The van der Waals surface area contributed by atoms with Crippen LogP contribution in [-0.4, -0.2) is 26.0 Å². The van der Waals surface area contributed by atoms with Gasteiger partial charge in [0.2, 0.25) is 5.89 Å². The van der Waals surface area contributed by atoms with Crippen molar-refractivity contribution in [1.29, 1.82) is 0 Å². The summed E-state index contributed by atoms with van der Waals surface area (Å²) in [6, 6.07) is 0.709. The van der Waals surface area contributed by atoms with Gasteiger partial charge in [-0.1, -0.05) is 12.1 Å². The van der Waals surface area contributed by atoms with Crippen molar-refractivity contribution < 1.29 is 4.52 Å². The zero-order chi connectivity index (χ0) is 14.8. The molecule has 2 heterocycles. The number of nitrogens with zero attached hydrogens (tertiary/aromatic N) is 4. The summed E-state index contributed by atoms with van der Waals surface area (Å²) in [6.07, 6.45) is 4.45. The smallest absolute Gasteiger partial charge is 0.226 e. The van der Waals surface area contributed by atoms with E-state index in [1.807, 2.05) is 4.68 Å². The van der Waals surface area contributed by atoms with Crippen LogP contribution in [0.4, 0.5) is 0 Å². The minimum Gasteiger partial charge on any atom is -0.339 e. The largest absolute Gasteiger partial charge is 0.339 e. The first-order chi connectivity index (χ1) is 10.2. The van der Waals surface area contributed by atoms with Crippen LogP contribution in [0.25, 0.3) is 0 Å². The van der Waals surface area contributed by atoms with E-state index in [0.29, 0.717) is 24.3 Å². The lowest BCUT2D eigenvalue weighted by Crippen LogP contribution is -2.16. The Kier molecular flexibility index (Phi) is 4.05. The Bertz CT molecular complexity index is 612. The quantitative estimate of drug-likeness (QED) is 0.845. The number of hydrogen-bond donors (Lipinski definition) is 1. The fourth-order valence-corrected chi connectivity index (χ4v) is 2.48. The van der Waals surface area contributed by atoms with Crippen LogP contribution in [0.15, 0.2) is 4.52 Å². The van der Waals surface area contributed by atoms with Gasteiger partial charge in [0.15, 0.2) is 5.82 Å². The van der Waals surface area contributed by atoms with E-state index in [9.17, 15) is 0 Å². The molecule has 1 aliphatic carbocycles. The molecule has 1 saturated carbocycles. The Morgan fingerprint density at radius 3 is 2.86 bits per heavy atom. The van der Waals surface area contributed by atoms with Crippen molar-refractivity contribution in [3.05, 3.63) is 28.7 Å². The molecule has 0 amide bonds. The molecule has 2 aromatic rings. The first kappa shape index (κ1) is 14.3. The molecule has 0 bridgehead atoms. The van der Waals surface area contributed by atoms with Gasteiger partial charge in [-0.3, -0.25) is 4.68 Å². The van der Waals surface area contributed by atoms with Gasteiger partial charge in [0.25, 0.3) is 0 Å². The molecule has 114 valence electrons. The molecule has 0 spiro atoms. The summed E-state index contributed by atoms with van der Waals surface area (Å²) in [5, 5.41) is 12.2. The number of nitrogens with one attached hydrogen (secondary N) is 1. The van der Waals surface area contributed by atoms with Crippen LogP contribution in [-0.2, 0) is 19.5 Å². The first-order valence-corrected chi connectivity index (χ1v) is 7.75. The van der Waals surface area contributed by atoms with Crippen molar-refractivity contribution in [3.8, 4) is 0 Å². The Morgan fingerprint density at radius 2 is 2.14 bits per heavy atom. The lowest BCUT2D eigenvalue weighted by atomic mass is 10.2. The van der Waals surface area contributed by atoms with E-state index in [2.05, 4.69) is 41.3 Å². The molecule has 6 heteroatoms. The van der Waals surface area contributed by atoms with Gasteiger partial charge in [0.05, 0.1) is 5.69 Å². The molecule has 0 unspecified atom stereocenters. The van der Waals surface area contributed by atoms with Crippen molar-refractivity contribution in [2.75, 3.05) is 0 Å². The molecule has 2 aromatic heterocycles. The van der Waals surface area contributed by atoms with Crippen molar-refractivity contribution >= 4 is 0 Å². The Hall–Kier alpha value is -1.69. The summed E-state index contributed by atoms with van der Waals surface area (Å²) >= 11 is 0. The number of hydrogen-bond acceptors (Lipinski definition) is 5. The fourth-order valence-electron chi connectivity index (χ4n) is 2.48. The second-order valence-electron chi connectivity index (χ2n) is 5.82. The van der Waals surface area contributed by atoms with Gasteiger partial charge in [-0.25, -0.2) is 0 Å². The van der Waals surface area contributed by atoms with Crippen LogP contribution in [0.1, 0.15) is 54.9 Å². The maximum atomic E-state index is 5.23. The predicted octanol–water partition coefficient (Wildman–Crippen LogP) is 2.14. The SMILES string of the molecule is CCCc1nc(Cn2nc(C)c(CNC3CC3)c2C)no1. The molecule has 0 aliphatic heterocycles. The van der Waals surface area contributed by atoms with Crippen molar-refractivity contribution in [2.24, 2.45) is 0 Å². The standard InChI is InChI=1S/C15H23N5O/c1-4-5-15-17-14(19-21-15)9-20-11(3)13(10(2)18-20)8-16-12-6-7-12/h12,16H,4-9H2,1-3H3. The first-order valence-electron chi connectivity index (χ1n) is 7.75. The Balaban J connectivity index is 1.70. The summed E-state index contributed by atoms with van der Waals surface area (Å²) in [4.78, 5) is 4.41. The summed E-state index contributed by atoms with van der Waals surface area (Å²) in [6.45, 7) is 7.74. The zero-order valence-electron chi connectivity index (χ0n) is 13.0. The van der Waals surface area contributed by atoms with E-state index in [1.54, 1.807) is 0 Å². The minimum atomic E-state index is 0.573. The minimum absolute atomic E-state index is 0.573. The van der Waals surface area contributed by atoms with E-state index < -0.39 is 0 Å². The van der Waals surface area contributed by atoms with Gasteiger partial charge in [0.1, 0.15) is 6.54 Å². The van der Waals surface area contributed by atoms with Gasteiger partial charge in [-0.05, 0) is 33.1 Å². The maximum Gasteiger partial charge on any atom is 0.226 e. The topological polar surface area (TPSA) is 68.8 Å². The second-order valence-corrected chi connectivity index (χ2v) is 5.82. The van der Waals surface area contributed by atoms with Crippen LogP contribution >= 0.6 is 0 Å². The highest BCUT2D eigenvalue weighted by molar-refractivity contribution is 5.25. The van der Waals surface area contributed by atoms with Gasteiger partial charge in [0, 0.05) is 30.3 Å². The third-order valence-electron chi connectivity index (χ3n) is 3.94. The normalized spacial score (nSPS) is 14.8. The van der Waals surface area contributed by atoms with Gasteiger partial charge in [-0.15, -0.1) is 0 Å². The molecule has 3 rings (SSSR count). The Morgan fingerprint density at radius 1 is 1.33 bits per heavy atom. The van der Waals surface area contributed by atoms with Crippen molar-refractivity contribution in [2.45, 2.75) is 65.6 Å². The molecule has 0 radical (unpaired) electrons. The molecule has 0 saturated heterocycles.